The molecule has 0 aliphatic heterocycles. The van der Waals surface area contributed by atoms with Crippen molar-refractivity contribution >= 4 is 0 Å². The van der Waals surface area contributed by atoms with Crippen LogP contribution in [0.2, 0.25) is 0 Å². The van der Waals surface area contributed by atoms with Crippen LogP contribution in [0.15, 0.2) is 48.5 Å². The van der Waals surface area contributed by atoms with Crippen molar-refractivity contribution in [3.8, 4) is 11.5 Å². The van der Waals surface area contributed by atoms with Crippen molar-refractivity contribution in [2.75, 3.05) is 21.3 Å². The van der Waals surface area contributed by atoms with Crippen molar-refractivity contribution in [3.05, 3.63) is 59.7 Å². The van der Waals surface area contributed by atoms with Gasteiger partial charge in [-0.05, 0) is 30.8 Å². The average Bonchev–Trinajstić information content (AvgIpc) is 2.49. The molecule has 3 heteroatoms. The highest BCUT2D eigenvalue weighted by molar-refractivity contribution is 5.42. The van der Waals surface area contributed by atoms with Crippen molar-refractivity contribution < 1.29 is 9.47 Å². The van der Waals surface area contributed by atoms with Crippen LogP contribution in [0, 0.1) is 0 Å². The standard InChI is InChI=1S/C16H19NO2/c1-17-16(12-8-10-13(18-2)11-9-12)14-6-4-5-7-15(14)19-3/h4-11,16-17H,1-3H3. The molecule has 0 bridgehead atoms. The second-order valence-corrected chi connectivity index (χ2v) is 4.24. The number of hydrogen-bond donors (Lipinski definition) is 1. The molecular weight excluding hydrogens is 238 g/mol. The van der Waals surface area contributed by atoms with E-state index >= 15 is 0 Å². The molecule has 1 unspecified atom stereocenters. The zero-order chi connectivity index (χ0) is 13.7. The smallest absolute Gasteiger partial charge is 0.123 e. The number of methoxy groups -OCH3 is 2. The summed E-state index contributed by atoms with van der Waals surface area (Å²) in [6.45, 7) is 0. The quantitative estimate of drug-likeness (QED) is 0.893. The molecule has 0 spiro atoms. The lowest BCUT2D eigenvalue weighted by Crippen LogP contribution is -2.18. The van der Waals surface area contributed by atoms with Crippen LogP contribution in [-0.2, 0) is 0 Å². The molecule has 3 nitrogen and oxygen atoms in total. The van der Waals surface area contributed by atoms with Gasteiger partial charge >= 0.3 is 0 Å². The molecule has 0 aliphatic carbocycles. The van der Waals surface area contributed by atoms with Gasteiger partial charge in [-0.15, -0.1) is 0 Å². The van der Waals surface area contributed by atoms with Crippen molar-refractivity contribution in [1.29, 1.82) is 0 Å². The van der Waals surface area contributed by atoms with Gasteiger partial charge in [0.1, 0.15) is 11.5 Å². The Hall–Kier alpha value is -2.00. The van der Waals surface area contributed by atoms with Gasteiger partial charge in [0, 0.05) is 5.56 Å². The third kappa shape index (κ3) is 2.88. The van der Waals surface area contributed by atoms with Gasteiger partial charge in [0.25, 0.3) is 0 Å². The summed E-state index contributed by atoms with van der Waals surface area (Å²) >= 11 is 0. The lowest BCUT2D eigenvalue weighted by atomic mass is 9.98. The molecule has 0 saturated heterocycles. The van der Waals surface area contributed by atoms with Crippen molar-refractivity contribution in [2.24, 2.45) is 0 Å². The molecule has 19 heavy (non-hydrogen) atoms. The van der Waals surface area contributed by atoms with Gasteiger partial charge in [0.05, 0.1) is 20.3 Å². The van der Waals surface area contributed by atoms with E-state index in [1.165, 1.54) is 5.56 Å². The third-order valence-corrected chi connectivity index (χ3v) is 3.19. The Morgan fingerprint density at radius 3 is 2.16 bits per heavy atom. The predicted octanol–water partition coefficient (Wildman–Crippen LogP) is 3.01. The van der Waals surface area contributed by atoms with Crippen LogP contribution in [-0.4, -0.2) is 21.3 Å². The van der Waals surface area contributed by atoms with Crippen molar-refractivity contribution in [3.63, 3.8) is 0 Å². The molecule has 1 atom stereocenters. The zero-order valence-electron chi connectivity index (χ0n) is 11.5. The first-order chi connectivity index (χ1) is 9.30. The van der Waals surface area contributed by atoms with E-state index in [0.717, 1.165) is 17.1 Å². The van der Waals surface area contributed by atoms with Crippen LogP contribution in [0.25, 0.3) is 0 Å². The van der Waals surface area contributed by atoms with Gasteiger partial charge in [0.2, 0.25) is 0 Å². The van der Waals surface area contributed by atoms with Gasteiger partial charge in [-0.2, -0.15) is 0 Å². The zero-order valence-corrected chi connectivity index (χ0v) is 11.5. The second-order valence-electron chi connectivity index (χ2n) is 4.24. The summed E-state index contributed by atoms with van der Waals surface area (Å²) in [4.78, 5) is 0. The van der Waals surface area contributed by atoms with E-state index in [1.54, 1.807) is 14.2 Å². The number of para-hydroxylation sites is 1. The SMILES string of the molecule is CNC(c1ccc(OC)cc1)c1ccccc1OC. The minimum Gasteiger partial charge on any atom is -0.497 e. The predicted molar refractivity (Wildman–Crippen MR) is 76.9 cm³/mol. The summed E-state index contributed by atoms with van der Waals surface area (Å²) in [5, 5.41) is 3.33. The van der Waals surface area contributed by atoms with Gasteiger partial charge in [0.15, 0.2) is 0 Å². The van der Waals surface area contributed by atoms with Crippen LogP contribution in [0.4, 0.5) is 0 Å². The van der Waals surface area contributed by atoms with E-state index in [1.807, 2.05) is 37.4 Å². The molecule has 2 rings (SSSR count). The molecule has 0 saturated carbocycles. The fraction of sp³-hybridized carbons (Fsp3) is 0.250. The maximum atomic E-state index is 5.43. The third-order valence-electron chi connectivity index (χ3n) is 3.19. The molecule has 0 heterocycles. The molecule has 0 aliphatic rings. The van der Waals surface area contributed by atoms with Gasteiger partial charge in [-0.3, -0.25) is 0 Å². The summed E-state index contributed by atoms with van der Waals surface area (Å²) in [5.74, 6) is 1.75. The van der Waals surface area contributed by atoms with E-state index in [0.29, 0.717) is 0 Å². The minimum absolute atomic E-state index is 0.0991. The summed E-state index contributed by atoms with van der Waals surface area (Å²) in [7, 11) is 5.31. The van der Waals surface area contributed by atoms with Gasteiger partial charge in [-0.1, -0.05) is 30.3 Å². The lowest BCUT2D eigenvalue weighted by Gasteiger charge is -2.20. The normalized spacial score (nSPS) is 11.9. The average molecular weight is 257 g/mol. The van der Waals surface area contributed by atoms with E-state index in [-0.39, 0.29) is 6.04 Å². The molecule has 0 aromatic heterocycles. The van der Waals surface area contributed by atoms with Crippen LogP contribution < -0.4 is 14.8 Å². The van der Waals surface area contributed by atoms with E-state index in [4.69, 9.17) is 9.47 Å². The molecule has 100 valence electrons. The van der Waals surface area contributed by atoms with E-state index < -0.39 is 0 Å². The highest BCUT2D eigenvalue weighted by Gasteiger charge is 2.15. The Morgan fingerprint density at radius 1 is 0.895 bits per heavy atom. The first-order valence-electron chi connectivity index (χ1n) is 6.24. The Bertz CT molecular complexity index is 523. The number of rotatable bonds is 5. The topological polar surface area (TPSA) is 30.5 Å². The Kier molecular flexibility index (Phi) is 4.42. The highest BCUT2D eigenvalue weighted by Crippen LogP contribution is 2.30. The molecular formula is C16H19NO2. The highest BCUT2D eigenvalue weighted by atomic mass is 16.5. The van der Waals surface area contributed by atoms with E-state index in [2.05, 4.69) is 23.5 Å². The number of ether oxygens (including phenoxy) is 2. The Balaban J connectivity index is 2.37. The fourth-order valence-electron chi connectivity index (χ4n) is 2.20. The summed E-state index contributed by atoms with van der Waals surface area (Å²) in [5.41, 5.74) is 2.30. The summed E-state index contributed by atoms with van der Waals surface area (Å²) in [6.07, 6.45) is 0. The van der Waals surface area contributed by atoms with E-state index in [9.17, 15) is 0 Å². The molecule has 0 fully saturated rings. The molecule has 1 N–H and O–H groups in total. The molecule has 0 amide bonds. The number of nitrogens with one attached hydrogen (secondary N) is 1. The van der Waals surface area contributed by atoms with Gasteiger partial charge < -0.3 is 14.8 Å². The second kappa shape index (κ2) is 6.25. The monoisotopic (exact) mass is 257 g/mol. The van der Waals surface area contributed by atoms with Crippen LogP contribution in [0.1, 0.15) is 17.2 Å². The summed E-state index contributed by atoms with van der Waals surface area (Å²) in [6, 6.07) is 16.2. The van der Waals surface area contributed by atoms with Crippen LogP contribution in [0.5, 0.6) is 11.5 Å². The number of hydrogen-bond acceptors (Lipinski definition) is 3. The van der Waals surface area contributed by atoms with Gasteiger partial charge in [-0.25, -0.2) is 0 Å². The Morgan fingerprint density at radius 2 is 1.58 bits per heavy atom. The molecule has 2 aromatic carbocycles. The lowest BCUT2D eigenvalue weighted by molar-refractivity contribution is 0.405. The maximum Gasteiger partial charge on any atom is 0.123 e. The van der Waals surface area contributed by atoms with Crippen LogP contribution >= 0.6 is 0 Å². The molecule has 0 radical (unpaired) electrons. The van der Waals surface area contributed by atoms with Crippen molar-refractivity contribution in [1.82, 2.24) is 5.32 Å². The number of benzene rings is 2. The largest absolute Gasteiger partial charge is 0.497 e. The first-order valence-corrected chi connectivity index (χ1v) is 6.24. The fourth-order valence-corrected chi connectivity index (χ4v) is 2.20. The first kappa shape index (κ1) is 13.4. The molecule has 2 aromatic rings. The maximum absolute atomic E-state index is 5.43. The minimum atomic E-state index is 0.0991. The summed E-state index contributed by atoms with van der Waals surface area (Å²) < 4.78 is 10.6. The van der Waals surface area contributed by atoms with Crippen LogP contribution in [0.3, 0.4) is 0 Å². The van der Waals surface area contributed by atoms with Crippen molar-refractivity contribution in [2.45, 2.75) is 6.04 Å². The Labute approximate surface area is 114 Å².